The van der Waals surface area contributed by atoms with Crippen molar-refractivity contribution in [1.82, 2.24) is 18.3 Å². The molecule has 4 heterocycles. The molecule has 0 saturated carbocycles. The van der Waals surface area contributed by atoms with Crippen LogP contribution in [-0.4, -0.2) is 18.3 Å². The second-order valence-electron chi connectivity index (χ2n) is 32.2. The first-order valence-electron chi connectivity index (χ1n) is 43.2. The van der Waals surface area contributed by atoms with Crippen LogP contribution in [0.3, 0.4) is 0 Å². The summed E-state index contributed by atoms with van der Waals surface area (Å²) in [5.41, 5.74) is 34.3. The zero-order chi connectivity index (χ0) is 84.5. The molecule has 24 rings (SSSR count). The Morgan fingerprint density at radius 3 is 0.787 bits per heavy atom. The van der Waals surface area contributed by atoms with E-state index in [1.54, 1.807) is 0 Å². The summed E-state index contributed by atoms with van der Waals surface area (Å²) >= 11 is 3.61. The molecule has 24 aromatic rings. The summed E-state index contributed by atoms with van der Waals surface area (Å²) in [5, 5.41) is 13.4. The predicted molar refractivity (Wildman–Crippen MR) is 541 cm³/mol. The molecule has 7 heteroatoms. The van der Waals surface area contributed by atoms with E-state index in [4.69, 9.17) is 0 Å². The van der Waals surface area contributed by atoms with Gasteiger partial charge in [0.15, 0.2) is 0 Å². The summed E-state index contributed by atoms with van der Waals surface area (Å²) < 4.78 is 10.6. The van der Waals surface area contributed by atoms with Crippen LogP contribution in [0.25, 0.3) is 177 Å². The minimum absolute atomic E-state index is 1.09. The molecule has 0 aliphatic rings. The highest BCUT2D eigenvalue weighted by atomic mass is 79.9. The van der Waals surface area contributed by atoms with Gasteiger partial charge in [-0.2, -0.15) is 0 Å². The molecule has 127 heavy (non-hydrogen) atoms. The van der Waals surface area contributed by atoms with Crippen molar-refractivity contribution in [1.29, 1.82) is 0 Å². The summed E-state index contributed by atoms with van der Waals surface area (Å²) in [5.74, 6) is 0. The second kappa shape index (κ2) is 33.8. The minimum atomic E-state index is 1.09. The second-order valence-corrected chi connectivity index (χ2v) is 33.1. The van der Waals surface area contributed by atoms with E-state index < -0.39 is 0 Å². The van der Waals surface area contributed by atoms with E-state index >= 15 is 0 Å². The van der Waals surface area contributed by atoms with Gasteiger partial charge in [-0.15, -0.1) is 0 Å². The van der Waals surface area contributed by atoms with Crippen molar-refractivity contribution >= 4 is 132 Å². The Morgan fingerprint density at radius 1 is 0.157 bits per heavy atom. The molecule has 0 aliphatic carbocycles. The first kappa shape index (κ1) is 76.8. The maximum absolute atomic E-state index is 3.61. The number of benzene rings is 20. The molecule has 0 amide bonds. The first-order valence-corrected chi connectivity index (χ1v) is 44.0. The number of para-hydroxylation sites is 8. The van der Waals surface area contributed by atoms with Crippen LogP contribution >= 0.6 is 15.9 Å². The van der Waals surface area contributed by atoms with E-state index in [-0.39, 0.29) is 0 Å². The Hall–Kier alpha value is -16.3. The highest BCUT2D eigenvalue weighted by Gasteiger charge is 2.21. The Bertz CT molecular complexity index is 8100. The SMILES string of the molecule is Brc1cccc(-c2ccc(-n3c4ccccc4c4cc(-c5ccc6c(c5)c5ccccc5n6-c5ccccc5)ccc43)cc2)c1.c1ccc(-c2ccc(N(c3ccccc3)c3cccc(-c4ccc(-n5c6ccccc6c6cc(-c7ccc8c(c7)c7ccccc7n8-c7ccccc7)ccc65)cc4)c3)cc2)cc1.c1ccc(Nc2ccc(-c3ccccc3)cc2)cc1. The number of hydrogen-bond acceptors (Lipinski definition) is 2. The number of nitrogens with zero attached hydrogens (tertiary/aromatic N) is 5. The van der Waals surface area contributed by atoms with Crippen molar-refractivity contribution in [3.05, 3.63) is 502 Å². The topological polar surface area (TPSA) is 35.0 Å². The van der Waals surface area contributed by atoms with Gasteiger partial charge < -0.3 is 28.5 Å². The van der Waals surface area contributed by atoms with E-state index in [9.17, 15) is 0 Å². The standard InChI is InChI=1S/C60H41N3.C42H27BrN2.C18H15N/c1-4-15-42(16-5-1)43-27-33-50(34-28-43)61(48-18-6-2-7-19-48)52-22-14-17-45(39-52)44-29-35-51(36-30-44)63-58-26-13-11-24-54(58)56-41-47(32-38-60(56)63)46-31-37-59-55(40-46)53-23-10-12-25-57(53)62(59)49-20-8-3-9-21-49;43-32-10-8-9-29(25-32)28-17-21-34(22-18-28)45-40-16-7-5-14-36(40)38-27-31(20-24-42(38)45)30-19-23-41-37(26-30)35-13-4-6-15-39(35)44(41)33-11-2-1-3-12-33;1-3-7-15(8-4-1)16-11-13-18(14-12-16)19-17-9-5-2-6-10-17/h1-41H;1-27H;1-14,19H. The molecule has 6 nitrogen and oxygen atoms in total. The zero-order valence-electron chi connectivity index (χ0n) is 69.5. The van der Waals surface area contributed by atoms with E-state index in [1.165, 1.54) is 160 Å². The van der Waals surface area contributed by atoms with Crippen molar-refractivity contribution in [3.63, 3.8) is 0 Å². The van der Waals surface area contributed by atoms with Crippen LogP contribution in [-0.2, 0) is 0 Å². The summed E-state index contributed by atoms with van der Waals surface area (Å²) in [6.07, 6.45) is 0. The average molecular weight is 1690 g/mol. The number of rotatable bonds is 15. The van der Waals surface area contributed by atoms with Crippen LogP contribution in [0, 0.1) is 0 Å². The van der Waals surface area contributed by atoms with Crippen LogP contribution in [0.1, 0.15) is 0 Å². The Labute approximate surface area is 746 Å². The van der Waals surface area contributed by atoms with Gasteiger partial charge >= 0.3 is 0 Å². The van der Waals surface area contributed by atoms with Crippen LogP contribution in [0.4, 0.5) is 28.4 Å². The van der Waals surface area contributed by atoms with Gasteiger partial charge in [0.05, 0.1) is 44.1 Å². The monoisotopic (exact) mass is 1690 g/mol. The van der Waals surface area contributed by atoms with Gasteiger partial charge in [-0.25, -0.2) is 0 Å². The lowest BCUT2D eigenvalue weighted by atomic mass is 10.0. The average Bonchev–Trinajstić information content (AvgIpc) is 1.59. The molecule has 4 aromatic heterocycles. The third-order valence-corrected chi connectivity index (χ3v) is 25.0. The van der Waals surface area contributed by atoms with Crippen LogP contribution < -0.4 is 10.2 Å². The Kier molecular flexibility index (Phi) is 20.5. The molecule has 20 aromatic carbocycles. The van der Waals surface area contributed by atoms with Crippen molar-refractivity contribution in [2.45, 2.75) is 0 Å². The maximum atomic E-state index is 3.61. The lowest BCUT2D eigenvalue weighted by molar-refractivity contribution is 1.18. The van der Waals surface area contributed by atoms with Crippen LogP contribution in [0.15, 0.2) is 502 Å². The Morgan fingerprint density at radius 2 is 0.402 bits per heavy atom. The summed E-state index contributed by atoms with van der Waals surface area (Å²) in [7, 11) is 0. The van der Waals surface area contributed by atoms with Gasteiger partial charge in [0.25, 0.3) is 0 Å². The number of hydrogen-bond donors (Lipinski definition) is 1. The molecule has 0 unspecified atom stereocenters. The fourth-order valence-corrected chi connectivity index (χ4v) is 18.9. The quantitative estimate of drug-likeness (QED) is 0.111. The van der Waals surface area contributed by atoms with Gasteiger partial charge in [-0.1, -0.05) is 319 Å². The van der Waals surface area contributed by atoms with Gasteiger partial charge in [0.1, 0.15) is 0 Å². The normalized spacial score (nSPS) is 11.3. The van der Waals surface area contributed by atoms with E-state index in [1.807, 2.05) is 24.3 Å². The lowest BCUT2D eigenvalue weighted by Crippen LogP contribution is -2.09. The third kappa shape index (κ3) is 14.9. The van der Waals surface area contributed by atoms with E-state index in [0.29, 0.717) is 0 Å². The van der Waals surface area contributed by atoms with Crippen molar-refractivity contribution in [2.24, 2.45) is 0 Å². The highest BCUT2D eigenvalue weighted by Crippen LogP contribution is 2.44. The summed E-state index contributed by atoms with van der Waals surface area (Å²) in [4.78, 5) is 2.33. The fraction of sp³-hybridized carbons (Fsp3) is 0. The number of anilines is 5. The van der Waals surface area contributed by atoms with Crippen molar-refractivity contribution < 1.29 is 0 Å². The predicted octanol–water partition coefficient (Wildman–Crippen LogP) is 33.4. The van der Waals surface area contributed by atoms with Crippen molar-refractivity contribution in [3.8, 4) is 89.5 Å². The lowest BCUT2D eigenvalue weighted by Gasteiger charge is -2.26. The number of aromatic nitrogens is 4. The molecule has 0 aliphatic heterocycles. The van der Waals surface area contributed by atoms with E-state index in [0.717, 1.165) is 49.8 Å². The molecule has 0 fully saturated rings. The van der Waals surface area contributed by atoms with Gasteiger partial charge in [-0.05, 0) is 261 Å². The zero-order valence-corrected chi connectivity index (χ0v) is 71.0. The van der Waals surface area contributed by atoms with Gasteiger partial charge in [0, 0.05) is 98.7 Å². The molecule has 0 radical (unpaired) electrons. The highest BCUT2D eigenvalue weighted by molar-refractivity contribution is 9.10. The minimum Gasteiger partial charge on any atom is -0.356 e. The third-order valence-electron chi connectivity index (χ3n) is 24.5. The smallest absolute Gasteiger partial charge is 0.0541 e. The molecule has 0 spiro atoms. The molecular formula is C120H83BrN6. The number of nitrogens with one attached hydrogen (secondary N) is 1. The summed E-state index contributed by atoms with van der Waals surface area (Å²) in [6, 6.07) is 178. The van der Waals surface area contributed by atoms with Crippen molar-refractivity contribution in [2.75, 3.05) is 10.2 Å². The molecule has 1 N–H and O–H groups in total. The number of halogens is 1. The van der Waals surface area contributed by atoms with Gasteiger partial charge in [0.2, 0.25) is 0 Å². The molecule has 600 valence electrons. The summed E-state index contributed by atoms with van der Waals surface area (Å²) in [6.45, 7) is 0. The maximum Gasteiger partial charge on any atom is 0.0541 e. The first-order chi connectivity index (χ1) is 62.9. The molecule has 0 saturated heterocycles. The number of fused-ring (bicyclic) bond motifs is 12. The van der Waals surface area contributed by atoms with Crippen LogP contribution in [0.5, 0.6) is 0 Å². The van der Waals surface area contributed by atoms with E-state index in [2.05, 4.69) is 518 Å². The van der Waals surface area contributed by atoms with Gasteiger partial charge in [-0.3, -0.25) is 0 Å². The molecule has 0 bridgehead atoms. The molecule has 0 atom stereocenters. The fourth-order valence-electron chi connectivity index (χ4n) is 18.5. The Balaban J connectivity index is 0.000000129. The molecular weight excluding hydrogens is 1610 g/mol. The largest absolute Gasteiger partial charge is 0.356 e. The van der Waals surface area contributed by atoms with Crippen LogP contribution in [0.2, 0.25) is 0 Å².